The molecule has 110 valence electrons. The van der Waals surface area contributed by atoms with E-state index in [1.165, 1.54) is 0 Å². The Labute approximate surface area is 115 Å². The maximum Gasteiger partial charge on any atom is 0.194 e. The normalized spacial score (nSPS) is 29.4. The highest BCUT2D eigenvalue weighted by Crippen LogP contribution is 2.33. The van der Waals surface area contributed by atoms with Gasteiger partial charge in [0, 0.05) is 5.92 Å². The minimum atomic E-state index is -0.876. The zero-order valence-electron chi connectivity index (χ0n) is 12.1. The summed E-state index contributed by atoms with van der Waals surface area (Å²) in [4.78, 5) is 0. The number of ether oxygens (including phenoxy) is 2. The number of aliphatic hydroxyl groups is 2. The van der Waals surface area contributed by atoms with Gasteiger partial charge in [-0.1, -0.05) is 31.6 Å². The molecule has 1 aliphatic rings. The first-order valence-electron chi connectivity index (χ1n) is 7.00. The van der Waals surface area contributed by atoms with Gasteiger partial charge in [0.2, 0.25) is 0 Å². The van der Waals surface area contributed by atoms with Crippen molar-refractivity contribution in [2.75, 3.05) is 13.2 Å². The van der Waals surface area contributed by atoms with Crippen LogP contribution in [0, 0.1) is 5.92 Å². The van der Waals surface area contributed by atoms with Gasteiger partial charge in [0.25, 0.3) is 0 Å². The zero-order chi connectivity index (χ0) is 14.3. The Morgan fingerprint density at radius 3 is 2.16 bits per heavy atom. The Kier molecular flexibility index (Phi) is 6.72. The first-order chi connectivity index (χ1) is 9.00. The van der Waals surface area contributed by atoms with Crippen molar-refractivity contribution in [3.05, 3.63) is 24.3 Å². The van der Waals surface area contributed by atoms with E-state index in [9.17, 15) is 10.2 Å². The molecule has 4 nitrogen and oxygen atoms in total. The van der Waals surface area contributed by atoms with Gasteiger partial charge in [-0.3, -0.25) is 0 Å². The first kappa shape index (κ1) is 16.4. The lowest BCUT2D eigenvalue weighted by Crippen LogP contribution is -2.45. The molecule has 0 radical (unpaired) electrons. The Morgan fingerprint density at radius 2 is 1.68 bits per heavy atom. The molecule has 4 heteroatoms. The summed E-state index contributed by atoms with van der Waals surface area (Å²) in [6.07, 6.45) is 8.65. The fraction of sp³-hybridized carbons (Fsp3) is 0.733. The minimum absolute atomic E-state index is 0.0972. The van der Waals surface area contributed by atoms with E-state index in [4.69, 9.17) is 9.47 Å². The van der Waals surface area contributed by atoms with E-state index in [2.05, 4.69) is 13.0 Å². The van der Waals surface area contributed by atoms with Crippen LogP contribution in [0.4, 0.5) is 0 Å². The first-order valence-corrected chi connectivity index (χ1v) is 7.00. The van der Waals surface area contributed by atoms with Gasteiger partial charge in [0.05, 0.1) is 25.4 Å². The second-order valence-electron chi connectivity index (χ2n) is 5.18. The Hall–Kier alpha value is -0.680. The number of allylic oxidation sites excluding steroid dienone is 2. The number of rotatable bonds is 8. The van der Waals surface area contributed by atoms with E-state index in [1.54, 1.807) is 13.8 Å². The summed E-state index contributed by atoms with van der Waals surface area (Å²) < 4.78 is 11.7. The van der Waals surface area contributed by atoms with Crippen molar-refractivity contribution in [1.82, 2.24) is 0 Å². The highest BCUT2D eigenvalue weighted by molar-refractivity contribution is 5.19. The SMILES string of the molecule is CCCC1C=CC=CC1(OCC(C)O)OCC(C)O. The van der Waals surface area contributed by atoms with Crippen LogP contribution in [-0.4, -0.2) is 41.4 Å². The molecule has 1 aliphatic carbocycles. The average Bonchev–Trinajstić information content (AvgIpc) is 2.36. The Balaban J connectivity index is 2.81. The van der Waals surface area contributed by atoms with Gasteiger partial charge >= 0.3 is 0 Å². The van der Waals surface area contributed by atoms with Gasteiger partial charge < -0.3 is 19.7 Å². The fourth-order valence-electron chi connectivity index (χ4n) is 2.11. The summed E-state index contributed by atoms with van der Waals surface area (Å²) in [6, 6.07) is 0. The molecule has 3 atom stereocenters. The maximum atomic E-state index is 9.42. The molecule has 19 heavy (non-hydrogen) atoms. The van der Waals surface area contributed by atoms with Gasteiger partial charge in [-0.2, -0.15) is 0 Å². The lowest BCUT2D eigenvalue weighted by molar-refractivity contribution is -0.244. The second-order valence-corrected chi connectivity index (χ2v) is 5.18. The van der Waals surface area contributed by atoms with Gasteiger partial charge in [0.1, 0.15) is 0 Å². The van der Waals surface area contributed by atoms with E-state index >= 15 is 0 Å². The van der Waals surface area contributed by atoms with Gasteiger partial charge in [-0.05, 0) is 26.3 Å². The molecule has 0 heterocycles. The topological polar surface area (TPSA) is 58.9 Å². The summed E-state index contributed by atoms with van der Waals surface area (Å²) >= 11 is 0. The lowest BCUT2D eigenvalue weighted by Gasteiger charge is -2.39. The van der Waals surface area contributed by atoms with Crippen LogP contribution in [0.5, 0.6) is 0 Å². The van der Waals surface area contributed by atoms with Crippen LogP contribution in [0.1, 0.15) is 33.6 Å². The molecular weight excluding hydrogens is 244 g/mol. The Morgan fingerprint density at radius 1 is 1.11 bits per heavy atom. The largest absolute Gasteiger partial charge is 0.391 e. The summed E-state index contributed by atoms with van der Waals surface area (Å²) in [5.74, 6) is -0.779. The van der Waals surface area contributed by atoms with Gasteiger partial charge in [0.15, 0.2) is 5.79 Å². The molecule has 0 aromatic carbocycles. The molecule has 0 amide bonds. The standard InChI is InChI=1S/C15H26O4/c1-4-7-14-8-5-6-9-15(14,18-10-12(2)16)19-11-13(3)17/h5-6,8-9,12-14,16-17H,4,7,10-11H2,1-3H3. The second kappa shape index (κ2) is 7.80. The van der Waals surface area contributed by atoms with Crippen LogP contribution in [0.15, 0.2) is 24.3 Å². The maximum absolute atomic E-state index is 9.42. The summed E-state index contributed by atoms with van der Waals surface area (Å²) in [6.45, 7) is 5.88. The summed E-state index contributed by atoms with van der Waals surface area (Å²) in [7, 11) is 0. The summed E-state index contributed by atoms with van der Waals surface area (Å²) in [5.41, 5.74) is 0. The minimum Gasteiger partial charge on any atom is -0.391 e. The van der Waals surface area contributed by atoms with Crippen LogP contribution in [0.3, 0.4) is 0 Å². The van der Waals surface area contributed by atoms with Crippen molar-refractivity contribution in [3.8, 4) is 0 Å². The summed E-state index contributed by atoms with van der Waals surface area (Å²) in [5, 5.41) is 18.8. The fourth-order valence-corrected chi connectivity index (χ4v) is 2.11. The average molecular weight is 270 g/mol. The van der Waals surface area contributed by atoms with Crippen LogP contribution < -0.4 is 0 Å². The monoisotopic (exact) mass is 270 g/mol. The zero-order valence-corrected chi connectivity index (χ0v) is 12.1. The molecule has 3 unspecified atom stereocenters. The molecule has 2 N–H and O–H groups in total. The highest BCUT2D eigenvalue weighted by atomic mass is 16.7. The molecule has 0 bridgehead atoms. The number of aliphatic hydroxyl groups excluding tert-OH is 2. The molecule has 1 rings (SSSR count). The molecule has 0 saturated heterocycles. The molecule has 0 aromatic heterocycles. The van der Waals surface area contributed by atoms with Crippen molar-refractivity contribution < 1.29 is 19.7 Å². The van der Waals surface area contributed by atoms with Crippen LogP contribution in [0.25, 0.3) is 0 Å². The van der Waals surface area contributed by atoms with E-state index in [-0.39, 0.29) is 19.1 Å². The predicted molar refractivity (Wildman–Crippen MR) is 74.7 cm³/mol. The van der Waals surface area contributed by atoms with Crippen LogP contribution >= 0.6 is 0 Å². The molecule has 0 saturated carbocycles. The van der Waals surface area contributed by atoms with Crippen molar-refractivity contribution in [2.45, 2.75) is 51.6 Å². The van der Waals surface area contributed by atoms with E-state index in [0.717, 1.165) is 12.8 Å². The van der Waals surface area contributed by atoms with Crippen LogP contribution in [-0.2, 0) is 9.47 Å². The highest BCUT2D eigenvalue weighted by Gasteiger charge is 2.38. The quantitative estimate of drug-likeness (QED) is 0.663. The van der Waals surface area contributed by atoms with Gasteiger partial charge in [-0.15, -0.1) is 0 Å². The van der Waals surface area contributed by atoms with Crippen molar-refractivity contribution in [1.29, 1.82) is 0 Å². The third-order valence-electron chi connectivity index (χ3n) is 3.00. The van der Waals surface area contributed by atoms with E-state index in [0.29, 0.717) is 0 Å². The Bertz CT molecular complexity index is 295. The van der Waals surface area contributed by atoms with Crippen molar-refractivity contribution in [3.63, 3.8) is 0 Å². The predicted octanol–water partition coefficient (Wildman–Crippen LogP) is 2.02. The van der Waals surface area contributed by atoms with E-state index < -0.39 is 18.0 Å². The smallest absolute Gasteiger partial charge is 0.194 e. The number of hydrogen-bond acceptors (Lipinski definition) is 4. The molecule has 0 aliphatic heterocycles. The van der Waals surface area contributed by atoms with E-state index in [1.807, 2.05) is 18.2 Å². The van der Waals surface area contributed by atoms with Crippen LogP contribution in [0.2, 0.25) is 0 Å². The lowest BCUT2D eigenvalue weighted by atomic mass is 9.89. The molecule has 0 fully saturated rings. The van der Waals surface area contributed by atoms with Gasteiger partial charge in [-0.25, -0.2) is 0 Å². The molecular formula is C15H26O4. The third-order valence-corrected chi connectivity index (χ3v) is 3.00. The third kappa shape index (κ3) is 5.07. The molecule has 0 spiro atoms. The number of hydrogen-bond donors (Lipinski definition) is 2. The van der Waals surface area contributed by atoms with Crippen molar-refractivity contribution in [2.24, 2.45) is 5.92 Å². The van der Waals surface area contributed by atoms with Crippen molar-refractivity contribution >= 4 is 0 Å². The molecule has 0 aromatic rings.